The van der Waals surface area contributed by atoms with Gasteiger partial charge in [-0.3, -0.25) is 0 Å². The van der Waals surface area contributed by atoms with Crippen LogP contribution in [0.3, 0.4) is 0 Å². The summed E-state index contributed by atoms with van der Waals surface area (Å²) in [7, 11) is 0. The SMILES string of the molecule is c1ccc(-c2cccc(-c3ccccc3)c2N2c3cc4c(cc3B3c5c2cccc5-n2c5ccccc5c5ccccc5c5ccccc5c5cccc3c52)N(c2c(-c3ccccc3)cccc2-c2ccccc2)c2cccc3c2B4c2cccc4c5ccccc5c5ccccc5c5ccccc5n-3c24)cc1. The summed E-state index contributed by atoms with van der Waals surface area (Å²) in [6, 6.07) is 147. The van der Waals surface area contributed by atoms with Crippen molar-refractivity contribution in [1.29, 1.82) is 0 Å². The van der Waals surface area contributed by atoms with E-state index in [-0.39, 0.29) is 13.4 Å². The van der Waals surface area contributed by atoms with E-state index < -0.39 is 0 Å². The van der Waals surface area contributed by atoms with E-state index in [2.05, 4.69) is 407 Å². The molecular formula is C102H64B2N4. The number of rotatable bonds is 6. The Labute approximate surface area is 626 Å². The number of para-hydroxylation sites is 6. The molecule has 0 radical (unpaired) electrons. The van der Waals surface area contributed by atoms with Gasteiger partial charge in [0.05, 0.1) is 22.4 Å². The third-order valence-electron chi connectivity index (χ3n) is 23.7. The number of benzene rings is 17. The van der Waals surface area contributed by atoms with E-state index in [1.807, 2.05) is 0 Å². The van der Waals surface area contributed by atoms with Crippen LogP contribution in [0.15, 0.2) is 388 Å². The molecule has 0 amide bonds. The van der Waals surface area contributed by atoms with E-state index in [4.69, 9.17) is 0 Å². The van der Waals surface area contributed by atoms with Gasteiger partial charge in [-0.1, -0.05) is 340 Å². The molecule has 6 heteroatoms. The molecule has 2 aromatic heterocycles. The Kier molecular flexibility index (Phi) is 13.3. The second-order valence-corrected chi connectivity index (χ2v) is 29.2. The molecule has 23 rings (SSSR count). The van der Waals surface area contributed by atoms with Crippen molar-refractivity contribution in [3.8, 4) is 55.9 Å². The predicted octanol–water partition coefficient (Wildman–Crippen LogP) is 22.6. The van der Waals surface area contributed by atoms with Gasteiger partial charge in [-0.15, -0.1) is 0 Å². The normalized spacial score (nSPS) is 12.7. The summed E-state index contributed by atoms with van der Waals surface area (Å²) in [5, 5.41) is 14.4. The predicted molar refractivity (Wildman–Crippen MR) is 461 cm³/mol. The van der Waals surface area contributed by atoms with Crippen LogP contribution >= 0.6 is 0 Å². The molecule has 0 atom stereocenters. The molecule has 0 unspecified atom stereocenters. The third-order valence-corrected chi connectivity index (χ3v) is 23.7. The number of fused-ring (bicyclic) bond motifs is 22. The van der Waals surface area contributed by atoms with Crippen LogP contribution < -0.4 is 42.6 Å². The van der Waals surface area contributed by atoms with Crippen LogP contribution in [0.5, 0.6) is 0 Å². The minimum atomic E-state index is -0.282. The van der Waals surface area contributed by atoms with Gasteiger partial charge < -0.3 is 18.9 Å². The van der Waals surface area contributed by atoms with Gasteiger partial charge >= 0.3 is 0 Å². The molecule has 4 aliphatic heterocycles. The molecule has 17 aromatic carbocycles. The van der Waals surface area contributed by atoms with Crippen molar-refractivity contribution in [2.24, 2.45) is 0 Å². The summed E-state index contributed by atoms with van der Waals surface area (Å²) in [6.45, 7) is -0.565. The van der Waals surface area contributed by atoms with Gasteiger partial charge in [0.15, 0.2) is 0 Å². The number of hydrogen-bond acceptors (Lipinski definition) is 2. The maximum absolute atomic E-state index is 2.72. The first-order valence-electron chi connectivity index (χ1n) is 37.6. The molecule has 498 valence electrons. The fourth-order valence-corrected chi connectivity index (χ4v) is 19.5. The highest BCUT2D eigenvalue weighted by Crippen LogP contribution is 2.53. The minimum absolute atomic E-state index is 0.282. The first-order chi connectivity index (χ1) is 53.7. The van der Waals surface area contributed by atoms with Gasteiger partial charge in [0.2, 0.25) is 0 Å². The van der Waals surface area contributed by atoms with E-state index in [0.29, 0.717) is 0 Å². The van der Waals surface area contributed by atoms with Crippen molar-refractivity contribution in [1.82, 2.24) is 9.13 Å². The Hall–Kier alpha value is -13.9. The lowest BCUT2D eigenvalue weighted by molar-refractivity contribution is 1.16. The van der Waals surface area contributed by atoms with Gasteiger partial charge in [-0.05, 0) is 147 Å². The van der Waals surface area contributed by atoms with E-state index in [9.17, 15) is 0 Å². The second-order valence-electron chi connectivity index (χ2n) is 29.2. The molecule has 0 saturated heterocycles. The van der Waals surface area contributed by atoms with Crippen LogP contribution in [-0.4, -0.2) is 22.6 Å². The third kappa shape index (κ3) is 8.71. The highest BCUT2D eigenvalue weighted by atomic mass is 15.2. The Balaban J connectivity index is 0.946. The highest BCUT2D eigenvalue weighted by Gasteiger charge is 2.48. The Morgan fingerprint density at radius 2 is 0.426 bits per heavy atom. The Bertz CT molecular complexity index is 6660. The average molecular weight is 1370 g/mol. The van der Waals surface area contributed by atoms with E-state index in [1.54, 1.807) is 0 Å². The fourth-order valence-electron chi connectivity index (χ4n) is 19.5. The molecule has 19 aromatic rings. The average Bonchev–Trinajstić information content (AvgIpc) is 0.902. The standard InChI is InChI=1S/C102H64B2N4/c1-5-31-65(32-6-1)69-49-25-50-70(66-33-7-2-8-34-66)99(69)107-93-61-29-59-91-97(93)103(85-55-27-53-83-79-45-19-15-41-75(79)73-39-13-17-43-77(73)81-47-21-23-57-89(81)105(91)101(83)85)87-64-96-88(63-95(87)107)104-86-56-28-54-84-80-46-20-16-42-76(80)74-40-14-18-44-78(74)82-48-22-24-58-90(82)106(102(84)86)92-60-30-62-94(98(92)104)108(96)100-71(67-35-9-3-10-36-67)51-26-52-72(100)68-37-11-4-12-38-68/h1-64H. The Morgan fingerprint density at radius 3 is 0.759 bits per heavy atom. The van der Waals surface area contributed by atoms with Crippen LogP contribution in [0.2, 0.25) is 0 Å². The quantitative estimate of drug-likeness (QED) is 0.154. The zero-order chi connectivity index (χ0) is 70.7. The molecular weight excluding hydrogens is 1300 g/mol. The van der Waals surface area contributed by atoms with Crippen molar-refractivity contribution in [3.05, 3.63) is 388 Å². The van der Waals surface area contributed by atoms with Crippen molar-refractivity contribution < 1.29 is 0 Å². The number of nitrogens with zero attached hydrogens (tertiary/aromatic N) is 4. The van der Waals surface area contributed by atoms with E-state index in [1.165, 1.54) is 108 Å². The topological polar surface area (TPSA) is 16.3 Å². The van der Waals surface area contributed by atoms with Crippen molar-refractivity contribution in [2.75, 3.05) is 9.80 Å². The lowest BCUT2D eigenvalue weighted by atomic mass is 9.31. The van der Waals surface area contributed by atoms with Crippen LogP contribution in [0, 0.1) is 0 Å². The van der Waals surface area contributed by atoms with Gasteiger partial charge in [0.1, 0.15) is 0 Å². The molecule has 0 saturated carbocycles. The molecule has 0 aliphatic carbocycles. The highest BCUT2D eigenvalue weighted by molar-refractivity contribution is 7.02. The number of hydrogen-bond donors (Lipinski definition) is 0. The zero-order valence-corrected chi connectivity index (χ0v) is 58.9. The van der Waals surface area contributed by atoms with Gasteiger partial charge in [-0.2, -0.15) is 0 Å². The van der Waals surface area contributed by atoms with Crippen LogP contribution in [0.1, 0.15) is 0 Å². The first kappa shape index (κ1) is 60.5. The van der Waals surface area contributed by atoms with E-state index >= 15 is 0 Å². The molecule has 4 nitrogen and oxygen atoms in total. The molecule has 0 bridgehead atoms. The molecule has 0 spiro atoms. The lowest BCUT2D eigenvalue weighted by Gasteiger charge is -2.46. The summed E-state index contributed by atoms with van der Waals surface area (Å²) in [6.07, 6.45) is 0. The van der Waals surface area contributed by atoms with Gasteiger partial charge in [0, 0.05) is 89.0 Å². The van der Waals surface area contributed by atoms with Crippen LogP contribution in [0.4, 0.5) is 34.1 Å². The molecule has 0 N–H and O–H groups in total. The monoisotopic (exact) mass is 1370 g/mol. The maximum atomic E-state index is 2.72. The van der Waals surface area contributed by atoms with Crippen molar-refractivity contribution in [3.63, 3.8) is 0 Å². The number of aromatic nitrogens is 2. The first-order valence-corrected chi connectivity index (χ1v) is 37.6. The molecule has 108 heavy (non-hydrogen) atoms. The maximum Gasteiger partial charge on any atom is 0.252 e. The van der Waals surface area contributed by atoms with E-state index in [0.717, 1.165) is 101 Å². The fraction of sp³-hybridized carbons (Fsp3) is 0. The van der Waals surface area contributed by atoms with Gasteiger partial charge in [0.25, 0.3) is 13.4 Å². The number of anilines is 6. The lowest BCUT2D eigenvalue weighted by Crippen LogP contribution is -2.64. The summed E-state index contributed by atoms with van der Waals surface area (Å²) in [4.78, 5) is 5.43. The molecule has 4 aliphatic rings. The van der Waals surface area contributed by atoms with Crippen LogP contribution in [0.25, 0.3) is 143 Å². The van der Waals surface area contributed by atoms with Crippen molar-refractivity contribution >= 4 is 167 Å². The summed E-state index contributed by atoms with van der Waals surface area (Å²) >= 11 is 0. The Morgan fingerprint density at radius 1 is 0.176 bits per heavy atom. The second kappa shape index (κ2) is 23.8. The molecule has 6 heterocycles. The zero-order valence-electron chi connectivity index (χ0n) is 58.9. The molecule has 0 fully saturated rings. The van der Waals surface area contributed by atoms with Gasteiger partial charge in [-0.25, -0.2) is 0 Å². The minimum Gasteiger partial charge on any atom is -0.310 e. The smallest absolute Gasteiger partial charge is 0.252 e. The summed E-state index contributed by atoms with van der Waals surface area (Å²) in [5.41, 5.74) is 30.3. The van der Waals surface area contributed by atoms with Crippen LogP contribution in [-0.2, 0) is 0 Å². The summed E-state index contributed by atoms with van der Waals surface area (Å²) < 4.78 is 5.30. The summed E-state index contributed by atoms with van der Waals surface area (Å²) in [5.74, 6) is 0. The largest absolute Gasteiger partial charge is 0.310 e. The van der Waals surface area contributed by atoms with Crippen molar-refractivity contribution in [2.45, 2.75) is 0 Å².